The maximum atomic E-state index is 13.7. The van der Waals surface area contributed by atoms with Gasteiger partial charge in [0.2, 0.25) is 0 Å². The summed E-state index contributed by atoms with van der Waals surface area (Å²) in [5.41, 5.74) is 0.952. The van der Waals surface area contributed by atoms with Crippen molar-refractivity contribution in [2.24, 2.45) is 0 Å². The molecule has 0 bridgehead atoms. The van der Waals surface area contributed by atoms with Crippen LogP contribution >= 0.6 is 11.6 Å². The fourth-order valence-electron chi connectivity index (χ4n) is 2.26. The minimum Gasteiger partial charge on any atom is -0.299 e. The van der Waals surface area contributed by atoms with Crippen molar-refractivity contribution in [3.8, 4) is 0 Å². The number of ketones is 1. The van der Waals surface area contributed by atoms with Crippen LogP contribution in [0.4, 0.5) is 10.1 Å². The number of hydrogen-bond donors (Lipinski definition) is 0. The molecule has 0 saturated carbocycles. The van der Waals surface area contributed by atoms with Crippen molar-refractivity contribution in [3.05, 3.63) is 64.4 Å². The number of para-hydroxylation sites is 1. The first-order chi connectivity index (χ1) is 9.59. The van der Waals surface area contributed by atoms with Gasteiger partial charge in [0.15, 0.2) is 0 Å². The van der Waals surface area contributed by atoms with Crippen LogP contribution in [0.1, 0.15) is 15.9 Å². The summed E-state index contributed by atoms with van der Waals surface area (Å²) in [4.78, 5) is 25.1. The van der Waals surface area contributed by atoms with Gasteiger partial charge in [0.25, 0.3) is 11.7 Å². The van der Waals surface area contributed by atoms with Gasteiger partial charge in [0.05, 0.1) is 22.8 Å². The number of nitrogens with zero attached hydrogens (tertiary/aromatic N) is 1. The molecule has 1 heterocycles. The average Bonchev–Trinajstić information content (AvgIpc) is 2.68. The summed E-state index contributed by atoms with van der Waals surface area (Å²) in [6.45, 7) is -0.0199. The van der Waals surface area contributed by atoms with Crippen molar-refractivity contribution in [2.45, 2.75) is 6.54 Å². The summed E-state index contributed by atoms with van der Waals surface area (Å²) in [5.74, 6) is -1.72. The zero-order valence-electron chi connectivity index (χ0n) is 10.3. The van der Waals surface area contributed by atoms with E-state index in [0.29, 0.717) is 16.3 Å². The molecule has 1 aliphatic heterocycles. The third kappa shape index (κ3) is 1.89. The fourth-order valence-corrected chi connectivity index (χ4v) is 2.54. The smallest absolute Gasteiger partial charge is 0.299 e. The molecule has 0 fully saturated rings. The highest BCUT2D eigenvalue weighted by Crippen LogP contribution is 2.36. The van der Waals surface area contributed by atoms with Crippen LogP contribution in [0.15, 0.2) is 42.5 Å². The lowest BCUT2D eigenvalue weighted by atomic mass is 10.1. The fraction of sp³-hybridized carbons (Fsp3) is 0.0667. The number of benzene rings is 2. The molecule has 0 saturated heterocycles. The van der Waals surface area contributed by atoms with Crippen molar-refractivity contribution >= 4 is 29.0 Å². The summed E-state index contributed by atoms with van der Waals surface area (Å²) in [5, 5.41) is 0.304. The van der Waals surface area contributed by atoms with E-state index in [2.05, 4.69) is 0 Å². The molecule has 3 nitrogen and oxygen atoms in total. The second-order valence-corrected chi connectivity index (χ2v) is 4.86. The molecule has 3 rings (SSSR count). The van der Waals surface area contributed by atoms with E-state index in [-0.39, 0.29) is 12.1 Å². The lowest BCUT2D eigenvalue weighted by Crippen LogP contribution is -2.29. The molecule has 0 unspecified atom stereocenters. The summed E-state index contributed by atoms with van der Waals surface area (Å²) < 4.78 is 13.7. The van der Waals surface area contributed by atoms with Crippen LogP contribution in [0.25, 0.3) is 0 Å². The Kier molecular flexibility index (Phi) is 3.03. The lowest BCUT2D eigenvalue weighted by molar-refractivity contribution is -0.114. The van der Waals surface area contributed by atoms with Gasteiger partial charge in [-0.2, -0.15) is 0 Å². The molecule has 0 radical (unpaired) electrons. The van der Waals surface area contributed by atoms with Gasteiger partial charge in [-0.1, -0.05) is 35.9 Å². The highest BCUT2D eigenvalue weighted by Gasteiger charge is 2.37. The van der Waals surface area contributed by atoms with Gasteiger partial charge in [-0.3, -0.25) is 14.5 Å². The van der Waals surface area contributed by atoms with Gasteiger partial charge >= 0.3 is 0 Å². The maximum absolute atomic E-state index is 13.7. The molecular weight excluding hydrogens is 281 g/mol. The number of halogens is 2. The Bertz CT molecular complexity index is 730. The first-order valence-corrected chi connectivity index (χ1v) is 6.35. The van der Waals surface area contributed by atoms with Crippen molar-refractivity contribution in [1.29, 1.82) is 0 Å². The monoisotopic (exact) mass is 289 g/mol. The van der Waals surface area contributed by atoms with Crippen molar-refractivity contribution < 1.29 is 14.0 Å². The number of amides is 1. The zero-order valence-corrected chi connectivity index (χ0v) is 11.0. The number of carbonyl (C=O) groups is 2. The number of anilines is 1. The van der Waals surface area contributed by atoms with Crippen LogP contribution in [-0.4, -0.2) is 11.7 Å². The molecule has 0 aromatic heterocycles. The predicted octanol–water partition coefficient (Wildman–Crippen LogP) is 3.21. The van der Waals surface area contributed by atoms with Gasteiger partial charge in [0, 0.05) is 5.56 Å². The lowest BCUT2D eigenvalue weighted by Gasteiger charge is -2.18. The zero-order chi connectivity index (χ0) is 14.3. The molecule has 20 heavy (non-hydrogen) atoms. The Morgan fingerprint density at radius 3 is 2.55 bits per heavy atom. The number of hydrogen-bond acceptors (Lipinski definition) is 2. The van der Waals surface area contributed by atoms with Crippen LogP contribution in [0.2, 0.25) is 5.02 Å². The normalized spacial score (nSPS) is 13.8. The van der Waals surface area contributed by atoms with Gasteiger partial charge in [-0.05, 0) is 18.2 Å². The van der Waals surface area contributed by atoms with Crippen LogP contribution in [0.3, 0.4) is 0 Å². The maximum Gasteiger partial charge on any atom is 0.299 e. The summed E-state index contributed by atoms with van der Waals surface area (Å²) in [6.07, 6.45) is 0. The van der Waals surface area contributed by atoms with E-state index in [1.165, 1.54) is 11.0 Å². The first-order valence-electron chi connectivity index (χ1n) is 5.97. The second kappa shape index (κ2) is 4.72. The molecule has 2 aromatic carbocycles. The van der Waals surface area contributed by atoms with E-state index in [0.717, 1.165) is 0 Å². The average molecular weight is 290 g/mol. The minimum atomic E-state index is -0.684. The van der Waals surface area contributed by atoms with E-state index in [4.69, 9.17) is 11.6 Å². The van der Waals surface area contributed by atoms with Crippen molar-refractivity contribution in [3.63, 3.8) is 0 Å². The first kappa shape index (κ1) is 12.8. The highest BCUT2D eigenvalue weighted by molar-refractivity contribution is 6.54. The SMILES string of the molecule is O=C1C(=O)N(Cc2ccccc2F)c2c(Cl)cccc21. The molecule has 1 aliphatic rings. The van der Waals surface area contributed by atoms with E-state index in [1.807, 2.05) is 0 Å². The van der Waals surface area contributed by atoms with Crippen LogP contribution in [-0.2, 0) is 11.3 Å². The summed E-state index contributed by atoms with van der Waals surface area (Å²) in [7, 11) is 0. The van der Waals surface area contributed by atoms with Crippen LogP contribution < -0.4 is 4.90 Å². The van der Waals surface area contributed by atoms with Crippen LogP contribution in [0.5, 0.6) is 0 Å². The largest absolute Gasteiger partial charge is 0.299 e. The van der Waals surface area contributed by atoms with Crippen LogP contribution in [0, 0.1) is 5.82 Å². The summed E-state index contributed by atoms with van der Waals surface area (Å²) in [6, 6.07) is 10.9. The third-order valence-electron chi connectivity index (χ3n) is 3.23. The van der Waals surface area contributed by atoms with Gasteiger partial charge in [-0.25, -0.2) is 4.39 Å². The molecule has 0 aliphatic carbocycles. The molecule has 100 valence electrons. The van der Waals surface area contributed by atoms with Gasteiger partial charge < -0.3 is 0 Å². The Morgan fingerprint density at radius 1 is 1.05 bits per heavy atom. The molecule has 0 N–H and O–H groups in total. The van der Waals surface area contributed by atoms with Crippen molar-refractivity contribution in [2.75, 3.05) is 4.90 Å². The number of carbonyl (C=O) groups excluding carboxylic acids is 2. The van der Waals surface area contributed by atoms with Crippen molar-refractivity contribution in [1.82, 2.24) is 0 Å². The number of fused-ring (bicyclic) bond motifs is 1. The molecule has 0 spiro atoms. The molecule has 5 heteroatoms. The molecular formula is C15H9ClFNO2. The minimum absolute atomic E-state index is 0.0199. The Balaban J connectivity index is 2.06. The predicted molar refractivity (Wildman–Crippen MR) is 73.4 cm³/mol. The summed E-state index contributed by atoms with van der Waals surface area (Å²) >= 11 is 6.06. The van der Waals surface area contributed by atoms with E-state index >= 15 is 0 Å². The molecule has 0 atom stereocenters. The van der Waals surface area contributed by atoms with Gasteiger partial charge in [0.1, 0.15) is 5.82 Å². The highest BCUT2D eigenvalue weighted by atomic mass is 35.5. The number of rotatable bonds is 2. The Labute approximate surface area is 119 Å². The quantitative estimate of drug-likeness (QED) is 0.796. The standard InChI is InChI=1S/C15H9ClFNO2/c16-11-6-3-5-10-13(11)18(15(20)14(10)19)8-9-4-1-2-7-12(9)17/h1-7H,8H2. The van der Waals surface area contributed by atoms with E-state index in [9.17, 15) is 14.0 Å². The van der Waals surface area contributed by atoms with E-state index in [1.54, 1.807) is 36.4 Å². The van der Waals surface area contributed by atoms with E-state index < -0.39 is 17.5 Å². The topological polar surface area (TPSA) is 37.4 Å². The molecule has 1 amide bonds. The molecule has 2 aromatic rings. The third-order valence-corrected chi connectivity index (χ3v) is 3.53. The number of Topliss-reactive ketones (excluding diaryl/α,β-unsaturated/α-hetero) is 1. The Morgan fingerprint density at radius 2 is 1.80 bits per heavy atom. The Hall–Kier alpha value is -2.20. The second-order valence-electron chi connectivity index (χ2n) is 4.45. The van der Waals surface area contributed by atoms with Gasteiger partial charge in [-0.15, -0.1) is 0 Å².